The van der Waals surface area contributed by atoms with Crippen LogP contribution in [0.5, 0.6) is 0 Å². The van der Waals surface area contributed by atoms with Crippen molar-refractivity contribution < 1.29 is 8.78 Å². The Balaban J connectivity index is 1.66. The number of benzene rings is 1. The number of hydrogen-bond acceptors (Lipinski definition) is 4. The molecule has 2 unspecified atom stereocenters. The summed E-state index contributed by atoms with van der Waals surface area (Å²) in [6, 6.07) is 9.76. The summed E-state index contributed by atoms with van der Waals surface area (Å²) in [4.78, 5) is 12.9. The quantitative estimate of drug-likeness (QED) is 0.537. The molecule has 2 N–H and O–H groups in total. The molecule has 8 heteroatoms. The molecular weight excluding hydrogens is 386 g/mol. The summed E-state index contributed by atoms with van der Waals surface area (Å²) in [6.07, 6.45) is 2.47. The van der Waals surface area contributed by atoms with E-state index in [1.165, 1.54) is 12.1 Å². The van der Waals surface area contributed by atoms with Gasteiger partial charge < -0.3 is 20.4 Å². The number of hydrogen-bond donors (Lipinski definition) is 2. The highest BCUT2D eigenvalue weighted by Crippen LogP contribution is 2.21. The van der Waals surface area contributed by atoms with Crippen LogP contribution in [0.2, 0.25) is 0 Å². The molecule has 1 aromatic heterocycles. The minimum atomic E-state index is -0.303. The van der Waals surface area contributed by atoms with E-state index in [4.69, 9.17) is 4.99 Å². The lowest BCUT2D eigenvalue weighted by Gasteiger charge is -2.24. The highest BCUT2D eigenvalue weighted by Gasteiger charge is 2.26. The zero-order chi connectivity index (χ0) is 21.5. The lowest BCUT2D eigenvalue weighted by Crippen LogP contribution is -2.45. The van der Waals surface area contributed by atoms with Crippen molar-refractivity contribution in [2.75, 3.05) is 45.2 Å². The molecule has 1 aliphatic heterocycles. The van der Waals surface area contributed by atoms with Gasteiger partial charge in [-0.1, -0.05) is 12.1 Å². The summed E-state index contributed by atoms with van der Waals surface area (Å²) in [7, 11) is 3.92. The van der Waals surface area contributed by atoms with Gasteiger partial charge in [-0.25, -0.2) is 13.8 Å². The maximum Gasteiger partial charge on any atom is 0.191 e. The average Bonchev–Trinajstić information content (AvgIpc) is 3.16. The van der Waals surface area contributed by atoms with Gasteiger partial charge in [-0.3, -0.25) is 4.99 Å². The highest BCUT2D eigenvalue weighted by molar-refractivity contribution is 5.80. The fraction of sp³-hybridized carbons (Fsp3) is 0.455. The van der Waals surface area contributed by atoms with Crippen LogP contribution < -0.4 is 15.5 Å². The minimum Gasteiger partial charge on any atom is -0.357 e. The maximum atomic E-state index is 14.0. The van der Waals surface area contributed by atoms with Crippen molar-refractivity contribution in [3.05, 3.63) is 59.8 Å². The van der Waals surface area contributed by atoms with E-state index in [0.29, 0.717) is 24.9 Å². The number of nitrogens with zero attached hydrogens (tertiary/aromatic N) is 4. The number of aliphatic imine (C=N–C) groups is 1. The van der Waals surface area contributed by atoms with E-state index in [1.807, 2.05) is 36.9 Å². The van der Waals surface area contributed by atoms with Crippen LogP contribution in [0, 0.1) is 11.6 Å². The molecule has 30 heavy (non-hydrogen) atoms. The second kappa shape index (κ2) is 10.3. The molecule has 3 rings (SSSR count). The van der Waals surface area contributed by atoms with Crippen LogP contribution in [0.3, 0.4) is 0 Å². The first-order chi connectivity index (χ1) is 14.5. The number of likely N-dealkylation sites (N-methyl/N-ethyl adjacent to an activating group) is 1. The molecule has 1 saturated heterocycles. The molecule has 0 spiro atoms. The molecule has 162 valence electrons. The monoisotopic (exact) mass is 416 g/mol. The Morgan fingerprint density at radius 1 is 1.30 bits per heavy atom. The first-order valence-corrected chi connectivity index (χ1v) is 10.3. The van der Waals surface area contributed by atoms with Gasteiger partial charge in [-0.15, -0.1) is 0 Å². The van der Waals surface area contributed by atoms with Crippen molar-refractivity contribution in [3.63, 3.8) is 0 Å². The zero-order valence-corrected chi connectivity index (χ0v) is 17.8. The molecule has 1 aliphatic rings. The van der Waals surface area contributed by atoms with E-state index in [1.54, 1.807) is 24.4 Å². The van der Waals surface area contributed by atoms with Crippen molar-refractivity contribution in [1.82, 2.24) is 20.5 Å². The number of rotatable bonds is 7. The van der Waals surface area contributed by atoms with E-state index >= 15 is 0 Å². The molecule has 0 bridgehead atoms. The van der Waals surface area contributed by atoms with E-state index < -0.39 is 0 Å². The van der Waals surface area contributed by atoms with Crippen molar-refractivity contribution in [2.45, 2.75) is 25.4 Å². The third-order valence-corrected chi connectivity index (χ3v) is 5.19. The number of anilines is 1. The Morgan fingerprint density at radius 3 is 2.83 bits per heavy atom. The number of pyridine rings is 1. The summed E-state index contributed by atoms with van der Waals surface area (Å²) in [5.74, 6) is 0.542. The highest BCUT2D eigenvalue weighted by atomic mass is 19.1. The van der Waals surface area contributed by atoms with Crippen LogP contribution in [0.25, 0.3) is 0 Å². The summed E-state index contributed by atoms with van der Waals surface area (Å²) < 4.78 is 27.7. The molecule has 1 aromatic carbocycles. The molecule has 1 fully saturated rings. The Bertz CT molecular complexity index is 857. The van der Waals surface area contributed by atoms with Crippen LogP contribution in [-0.2, 0) is 0 Å². The molecule has 0 radical (unpaired) electrons. The summed E-state index contributed by atoms with van der Waals surface area (Å²) >= 11 is 0. The van der Waals surface area contributed by atoms with Crippen molar-refractivity contribution in [2.24, 2.45) is 4.99 Å². The van der Waals surface area contributed by atoms with Crippen LogP contribution in [-0.4, -0.2) is 62.2 Å². The summed E-state index contributed by atoms with van der Waals surface area (Å²) in [5, 5.41) is 6.72. The molecule has 0 saturated carbocycles. The SMILES string of the molecule is CCNC(=NCC(c1cccc(F)c1)N(C)C)NC1CCN(c2ncccc2F)C1. The third kappa shape index (κ3) is 5.66. The molecule has 2 aromatic rings. The Hall–Kier alpha value is -2.74. The van der Waals surface area contributed by atoms with Gasteiger partial charge in [0.2, 0.25) is 0 Å². The smallest absolute Gasteiger partial charge is 0.191 e. The molecule has 0 amide bonds. The van der Waals surface area contributed by atoms with Gasteiger partial charge >= 0.3 is 0 Å². The number of nitrogens with one attached hydrogen (secondary N) is 2. The second-order valence-electron chi connectivity index (χ2n) is 7.64. The number of halogens is 2. The normalized spacial score (nSPS) is 18.0. The largest absolute Gasteiger partial charge is 0.357 e. The van der Waals surface area contributed by atoms with E-state index in [-0.39, 0.29) is 23.7 Å². The molecular formula is C22H30F2N6. The van der Waals surface area contributed by atoms with Crippen LogP contribution in [0.4, 0.5) is 14.6 Å². The standard InChI is InChI=1S/C22H30F2N6/c1-4-25-22(27-14-20(29(2)3)16-7-5-8-17(23)13-16)28-18-10-12-30(15-18)21-19(24)9-6-11-26-21/h5-9,11,13,18,20H,4,10,12,14-15H2,1-3H3,(H2,25,27,28). The summed E-state index contributed by atoms with van der Waals surface area (Å²) in [5.41, 5.74) is 0.886. The fourth-order valence-corrected chi connectivity index (χ4v) is 3.65. The fourth-order valence-electron chi connectivity index (χ4n) is 3.65. The van der Waals surface area contributed by atoms with E-state index in [9.17, 15) is 8.78 Å². The first kappa shape index (κ1) is 22.0. The Morgan fingerprint density at radius 2 is 2.13 bits per heavy atom. The number of aromatic nitrogens is 1. The zero-order valence-electron chi connectivity index (χ0n) is 17.8. The Kier molecular flexibility index (Phi) is 7.57. The molecule has 6 nitrogen and oxygen atoms in total. The summed E-state index contributed by atoms with van der Waals surface area (Å²) in [6.45, 7) is 4.60. The lowest BCUT2D eigenvalue weighted by atomic mass is 10.1. The predicted molar refractivity (Wildman–Crippen MR) is 117 cm³/mol. The first-order valence-electron chi connectivity index (χ1n) is 10.3. The van der Waals surface area contributed by atoms with Crippen LogP contribution >= 0.6 is 0 Å². The maximum absolute atomic E-state index is 14.0. The van der Waals surface area contributed by atoms with Gasteiger partial charge in [0.15, 0.2) is 17.6 Å². The molecule has 0 aliphatic carbocycles. The lowest BCUT2D eigenvalue weighted by molar-refractivity contribution is 0.305. The van der Waals surface area contributed by atoms with Crippen molar-refractivity contribution in [1.29, 1.82) is 0 Å². The van der Waals surface area contributed by atoms with Gasteiger partial charge in [-0.05, 0) is 57.3 Å². The van der Waals surface area contributed by atoms with Gasteiger partial charge in [0.1, 0.15) is 5.82 Å². The second-order valence-corrected chi connectivity index (χ2v) is 7.64. The van der Waals surface area contributed by atoms with Crippen molar-refractivity contribution in [3.8, 4) is 0 Å². The van der Waals surface area contributed by atoms with Gasteiger partial charge in [0.25, 0.3) is 0 Å². The van der Waals surface area contributed by atoms with Crippen LogP contribution in [0.1, 0.15) is 24.9 Å². The van der Waals surface area contributed by atoms with E-state index in [0.717, 1.165) is 25.1 Å². The van der Waals surface area contributed by atoms with Gasteiger partial charge in [0, 0.05) is 31.9 Å². The van der Waals surface area contributed by atoms with Gasteiger partial charge in [-0.2, -0.15) is 0 Å². The predicted octanol–water partition coefficient (Wildman–Crippen LogP) is 2.80. The van der Waals surface area contributed by atoms with E-state index in [2.05, 4.69) is 15.6 Å². The van der Waals surface area contributed by atoms with Crippen molar-refractivity contribution >= 4 is 11.8 Å². The average molecular weight is 417 g/mol. The number of guanidine groups is 1. The molecule has 2 heterocycles. The third-order valence-electron chi connectivity index (χ3n) is 5.19. The minimum absolute atomic E-state index is 0.0427. The topological polar surface area (TPSA) is 55.8 Å². The molecule has 2 atom stereocenters. The van der Waals surface area contributed by atoms with Gasteiger partial charge in [0.05, 0.1) is 12.6 Å². The Labute approximate surface area is 177 Å². The van der Waals surface area contributed by atoms with Crippen LogP contribution in [0.15, 0.2) is 47.6 Å².